The van der Waals surface area contributed by atoms with Gasteiger partial charge in [0.2, 0.25) is 0 Å². The Balaban J connectivity index is 2.28. The molecule has 134 valence electrons. The number of fused-ring (bicyclic) bond motifs is 1. The first-order valence-corrected chi connectivity index (χ1v) is 8.50. The highest BCUT2D eigenvalue weighted by Crippen LogP contribution is 2.25. The van der Waals surface area contributed by atoms with Crippen LogP contribution in [-0.2, 0) is 29.0 Å². The van der Waals surface area contributed by atoms with Gasteiger partial charge in [-0.05, 0) is 34.1 Å². The minimum atomic E-state index is -0.548. The van der Waals surface area contributed by atoms with E-state index in [2.05, 4.69) is 5.10 Å². The average Bonchev–Trinajstić information content (AvgIpc) is 2.83. The summed E-state index contributed by atoms with van der Waals surface area (Å²) in [5, 5.41) is 4.55. The Morgan fingerprint density at radius 3 is 2.54 bits per heavy atom. The maximum Gasteiger partial charge on any atom is 0.410 e. The van der Waals surface area contributed by atoms with Gasteiger partial charge in [0.25, 0.3) is 0 Å². The first kappa shape index (κ1) is 18.3. The quantitative estimate of drug-likeness (QED) is 0.790. The van der Waals surface area contributed by atoms with Gasteiger partial charge in [0.1, 0.15) is 5.60 Å². The molecule has 0 bridgehead atoms. The van der Waals surface area contributed by atoms with Crippen molar-refractivity contribution in [2.75, 3.05) is 13.2 Å². The van der Waals surface area contributed by atoms with Crippen LogP contribution in [0.3, 0.4) is 0 Å². The van der Waals surface area contributed by atoms with E-state index < -0.39 is 5.60 Å². The normalized spacial score (nSPS) is 14.3. The summed E-state index contributed by atoms with van der Waals surface area (Å²) in [4.78, 5) is 26.3. The molecule has 1 aliphatic rings. The summed E-state index contributed by atoms with van der Waals surface area (Å²) in [5.41, 5.74) is 1.56. The molecule has 0 radical (unpaired) electrons. The molecule has 1 amide bonds. The van der Waals surface area contributed by atoms with Gasteiger partial charge in [0.05, 0.1) is 18.8 Å². The zero-order chi connectivity index (χ0) is 17.9. The molecule has 24 heavy (non-hydrogen) atoms. The number of ether oxygens (including phenoxy) is 2. The summed E-state index contributed by atoms with van der Waals surface area (Å²) >= 11 is 0. The maximum atomic E-state index is 12.4. The van der Waals surface area contributed by atoms with Gasteiger partial charge in [-0.1, -0.05) is 6.92 Å². The van der Waals surface area contributed by atoms with E-state index in [1.165, 1.54) is 0 Å². The van der Waals surface area contributed by atoms with Crippen LogP contribution in [0.25, 0.3) is 0 Å². The fourth-order valence-electron chi connectivity index (χ4n) is 2.71. The fourth-order valence-corrected chi connectivity index (χ4v) is 2.71. The van der Waals surface area contributed by atoms with Crippen LogP contribution < -0.4 is 0 Å². The van der Waals surface area contributed by atoms with Gasteiger partial charge in [0.15, 0.2) is 5.69 Å². The van der Waals surface area contributed by atoms with Gasteiger partial charge in [-0.25, -0.2) is 9.59 Å². The number of aryl methyl sites for hydroxylation is 1. The highest BCUT2D eigenvalue weighted by molar-refractivity contribution is 5.90. The molecule has 1 aromatic rings. The van der Waals surface area contributed by atoms with E-state index in [9.17, 15) is 9.59 Å². The second kappa shape index (κ2) is 7.23. The van der Waals surface area contributed by atoms with Crippen molar-refractivity contribution in [3.8, 4) is 0 Å². The minimum absolute atomic E-state index is 0.306. The van der Waals surface area contributed by atoms with E-state index in [0.717, 1.165) is 17.7 Å². The van der Waals surface area contributed by atoms with Crippen molar-refractivity contribution in [3.05, 3.63) is 17.0 Å². The molecule has 0 aliphatic carbocycles. The summed E-state index contributed by atoms with van der Waals surface area (Å²) in [6.07, 6.45) is 1.10. The molecule has 0 spiro atoms. The van der Waals surface area contributed by atoms with Gasteiger partial charge < -0.3 is 14.4 Å². The third-order valence-corrected chi connectivity index (χ3v) is 3.66. The van der Waals surface area contributed by atoms with Crippen LogP contribution in [0, 0.1) is 0 Å². The number of rotatable bonds is 4. The van der Waals surface area contributed by atoms with Gasteiger partial charge in [0, 0.05) is 25.1 Å². The Morgan fingerprint density at radius 2 is 1.96 bits per heavy atom. The third-order valence-electron chi connectivity index (χ3n) is 3.66. The lowest BCUT2D eigenvalue weighted by Gasteiger charge is -2.29. The average molecular weight is 337 g/mol. The number of amides is 1. The second-order valence-electron chi connectivity index (χ2n) is 6.87. The van der Waals surface area contributed by atoms with Crippen molar-refractivity contribution >= 4 is 12.1 Å². The van der Waals surface area contributed by atoms with Gasteiger partial charge in [-0.3, -0.25) is 4.68 Å². The van der Waals surface area contributed by atoms with Gasteiger partial charge >= 0.3 is 12.1 Å². The molecular weight excluding hydrogens is 310 g/mol. The molecule has 0 aromatic carbocycles. The lowest BCUT2D eigenvalue weighted by molar-refractivity contribution is 0.0220. The van der Waals surface area contributed by atoms with Crippen molar-refractivity contribution in [3.63, 3.8) is 0 Å². The number of hydrogen-bond acceptors (Lipinski definition) is 5. The fraction of sp³-hybridized carbons (Fsp3) is 0.706. The zero-order valence-electron chi connectivity index (χ0n) is 15.2. The molecule has 0 saturated carbocycles. The highest BCUT2D eigenvalue weighted by atomic mass is 16.6. The Hall–Kier alpha value is -2.05. The molecule has 0 atom stereocenters. The van der Waals surface area contributed by atoms with E-state index in [4.69, 9.17) is 9.47 Å². The molecular formula is C17H27N3O4. The summed E-state index contributed by atoms with van der Waals surface area (Å²) in [5.74, 6) is -0.384. The Kier molecular flexibility index (Phi) is 5.51. The van der Waals surface area contributed by atoms with Crippen LogP contribution in [0.5, 0.6) is 0 Å². The molecule has 1 aliphatic heterocycles. The molecule has 7 heteroatoms. The van der Waals surface area contributed by atoms with Crippen molar-refractivity contribution in [1.29, 1.82) is 0 Å². The largest absolute Gasteiger partial charge is 0.461 e. The zero-order valence-corrected chi connectivity index (χ0v) is 15.2. The maximum absolute atomic E-state index is 12.4. The monoisotopic (exact) mass is 337 g/mol. The summed E-state index contributed by atoms with van der Waals surface area (Å²) in [6.45, 7) is 11.1. The van der Waals surface area contributed by atoms with E-state index in [1.54, 1.807) is 16.5 Å². The van der Waals surface area contributed by atoms with E-state index in [0.29, 0.717) is 38.4 Å². The van der Waals surface area contributed by atoms with Crippen molar-refractivity contribution < 1.29 is 19.1 Å². The lowest BCUT2D eigenvalue weighted by Crippen LogP contribution is -2.40. The third kappa shape index (κ3) is 4.07. The topological polar surface area (TPSA) is 73.7 Å². The van der Waals surface area contributed by atoms with Gasteiger partial charge in [-0.2, -0.15) is 5.10 Å². The summed E-state index contributed by atoms with van der Waals surface area (Å²) in [7, 11) is 0. The molecule has 0 fully saturated rings. The van der Waals surface area contributed by atoms with Crippen molar-refractivity contribution in [2.24, 2.45) is 0 Å². The predicted octanol–water partition coefficient (Wildman–Crippen LogP) is 2.76. The number of nitrogens with zero attached hydrogens (tertiary/aromatic N) is 3. The van der Waals surface area contributed by atoms with Crippen LogP contribution in [-0.4, -0.2) is 45.5 Å². The van der Waals surface area contributed by atoms with Crippen LogP contribution in [0.1, 0.15) is 62.8 Å². The molecule has 0 N–H and O–H groups in total. The van der Waals surface area contributed by atoms with Crippen molar-refractivity contribution in [2.45, 2.75) is 66.2 Å². The van der Waals surface area contributed by atoms with E-state index >= 15 is 0 Å². The van der Waals surface area contributed by atoms with Crippen molar-refractivity contribution in [1.82, 2.24) is 14.7 Å². The van der Waals surface area contributed by atoms with Crippen LogP contribution >= 0.6 is 0 Å². The highest BCUT2D eigenvalue weighted by Gasteiger charge is 2.32. The standard InChI is InChI=1S/C17H27N3O4/c1-6-9-20-14(15(21)23-7-2)12-11-19(10-8-13(12)18-20)16(22)24-17(3,4)5/h6-11H2,1-5H3. The molecule has 1 aromatic heterocycles. The molecule has 0 saturated heterocycles. The van der Waals surface area contributed by atoms with E-state index in [1.807, 2.05) is 27.7 Å². The van der Waals surface area contributed by atoms with E-state index in [-0.39, 0.29) is 12.1 Å². The molecule has 2 heterocycles. The minimum Gasteiger partial charge on any atom is -0.461 e. The Bertz CT molecular complexity index is 616. The number of carbonyl (C=O) groups is 2. The Morgan fingerprint density at radius 1 is 1.25 bits per heavy atom. The number of aromatic nitrogens is 2. The molecule has 7 nitrogen and oxygen atoms in total. The van der Waals surface area contributed by atoms with Crippen LogP contribution in [0.4, 0.5) is 4.79 Å². The number of hydrogen-bond donors (Lipinski definition) is 0. The lowest BCUT2D eigenvalue weighted by atomic mass is 10.1. The number of carbonyl (C=O) groups excluding carboxylic acids is 2. The summed E-state index contributed by atoms with van der Waals surface area (Å²) in [6, 6.07) is 0. The first-order chi connectivity index (χ1) is 11.3. The first-order valence-electron chi connectivity index (χ1n) is 8.50. The molecule has 0 unspecified atom stereocenters. The summed E-state index contributed by atoms with van der Waals surface area (Å²) < 4.78 is 12.3. The number of esters is 1. The predicted molar refractivity (Wildman–Crippen MR) is 88.8 cm³/mol. The Labute approximate surface area is 142 Å². The van der Waals surface area contributed by atoms with Crippen LogP contribution in [0.15, 0.2) is 0 Å². The SMILES string of the molecule is CCCn1nc2c(c1C(=O)OCC)CN(C(=O)OC(C)(C)C)CC2. The molecule has 2 rings (SSSR count). The van der Waals surface area contributed by atoms with Gasteiger partial charge in [-0.15, -0.1) is 0 Å². The second-order valence-corrected chi connectivity index (χ2v) is 6.87. The van der Waals surface area contributed by atoms with Crippen LogP contribution in [0.2, 0.25) is 0 Å². The smallest absolute Gasteiger partial charge is 0.410 e.